The summed E-state index contributed by atoms with van der Waals surface area (Å²) in [5.74, 6) is 0.614. The highest BCUT2D eigenvalue weighted by Gasteiger charge is 2.18. The van der Waals surface area contributed by atoms with Crippen LogP contribution in [0.15, 0.2) is 71.9 Å². The fourth-order valence-corrected chi connectivity index (χ4v) is 3.82. The van der Waals surface area contributed by atoms with Crippen LogP contribution < -0.4 is 10.2 Å². The molecule has 0 spiro atoms. The van der Waals surface area contributed by atoms with Crippen LogP contribution in [-0.4, -0.2) is 16.5 Å². The standard InChI is InChI=1S/C22H16N2O2/c1-26-19-9-8-17-16-6-2-3-7-18(16)24-13-15(22(25)20(19)21(17)24)11-14-5-4-10-23-12-14/h2-10,12-13H,11H2,1H3. The second kappa shape index (κ2) is 5.56. The van der Waals surface area contributed by atoms with Crippen LogP contribution in [-0.2, 0) is 6.42 Å². The van der Waals surface area contributed by atoms with E-state index in [9.17, 15) is 4.79 Å². The predicted molar refractivity (Wildman–Crippen MR) is 103 cm³/mol. The average Bonchev–Trinajstić information content (AvgIpc) is 3.01. The van der Waals surface area contributed by atoms with Crippen LogP contribution in [0.3, 0.4) is 0 Å². The quantitative estimate of drug-likeness (QED) is 0.498. The highest BCUT2D eigenvalue weighted by Crippen LogP contribution is 2.35. The lowest BCUT2D eigenvalue weighted by Gasteiger charge is -2.09. The van der Waals surface area contributed by atoms with Gasteiger partial charge in [-0.3, -0.25) is 9.78 Å². The average molecular weight is 340 g/mol. The smallest absolute Gasteiger partial charge is 0.196 e. The van der Waals surface area contributed by atoms with Crippen LogP contribution in [0.5, 0.6) is 5.75 Å². The van der Waals surface area contributed by atoms with Crippen molar-refractivity contribution in [3.8, 4) is 5.75 Å². The number of benzene rings is 2. The van der Waals surface area contributed by atoms with Crippen molar-refractivity contribution in [3.63, 3.8) is 0 Å². The molecule has 0 saturated carbocycles. The molecule has 0 aliphatic heterocycles. The molecule has 4 heteroatoms. The lowest BCUT2D eigenvalue weighted by molar-refractivity contribution is 0.419. The van der Waals surface area contributed by atoms with Gasteiger partial charge in [-0.15, -0.1) is 0 Å². The SMILES string of the molecule is COc1ccc2c3ccccc3n3cc(Cc4cccnc4)c(=O)c1c23. The fraction of sp³-hybridized carbons (Fsp3) is 0.0909. The van der Waals surface area contributed by atoms with Crippen LogP contribution >= 0.6 is 0 Å². The van der Waals surface area contributed by atoms with E-state index in [0.717, 1.165) is 32.9 Å². The van der Waals surface area contributed by atoms with Crippen molar-refractivity contribution in [1.29, 1.82) is 0 Å². The number of aromatic nitrogens is 2. The number of hydrogen-bond acceptors (Lipinski definition) is 3. The number of nitrogens with zero attached hydrogens (tertiary/aromatic N) is 2. The molecule has 5 aromatic rings. The summed E-state index contributed by atoms with van der Waals surface area (Å²) in [4.78, 5) is 17.4. The van der Waals surface area contributed by atoms with Gasteiger partial charge in [0, 0.05) is 41.3 Å². The van der Waals surface area contributed by atoms with Gasteiger partial charge in [-0.05, 0) is 29.8 Å². The molecule has 0 unspecified atom stereocenters. The molecule has 0 atom stereocenters. The van der Waals surface area contributed by atoms with Crippen molar-refractivity contribution in [2.24, 2.45) is 0 Å². The van der Waals surface area contributed by atoms with Crippen molar-refractivity contribution in [1.82, 2.24) is 9.38 Å². The van der Waals surface area contributed by atoms with E-state index in [2.05, 4.69) is 21.5 Å². The zero-order valence-electron chi connectivity index (χ0n) is 14.3. The number of hydrogen-bond donors (Lipinski definition) is 0. The van der Waals surface area contributed by atoms with Gasteiger partial charge >= 0.3 is 0 Å². The van der Waals surface area contributed by atoms with Crippen LogP contribution in [0.1, 0.15) is 11.1 Å². The van der Waals surface area contributed by atoms with E-state index in [1.807, 2.05) is 42.6 Å². The molecule has 0 N–H and O–H groups in total. The van der Waals surface area contributed by atoms with Gasteiger partial charge < -0.3 is 9.14 Å². The van der Waals surface area contributed by atoms with Crippen molar-refractivity contribution in [2.45, 2.75) is 6.42 Å². The summed E-state index contributed by atoms with van der Waals surface area (Å²) in [5, 5.41) is 2.85. The molecule has 126 valence electrons. The fourth-order valence-electron chi connectivity index (χ4n) is 3.82. The first-order chi connectivity index (χ1) is 12.8. The van der Waals surface area contributed by atoms with E-state index in [1.165, 1.54) is 0 Å². The lowest BCUT2D eigenvalue weighted by Crippen LogP contribution is -2.13. The van der Waals surface area contributed by atoms with Gasteiger partial charge in [-0.1, -0.05) is 24.3 Å². The topological polar surface area (TPSA) is 43.6 Å². The Kier molecular flexibility index (Phi) is 3.19. The molecule has 0 saturated heterocycles. The number of rotatable bonds is 3. The Hall–Kier alpha value is -3.40. The van der Waals surface area contributed by atoms with Gasteiger partial charge in [0.05, 0.1) is 23.5 Å². The van der Waals surface area contributed by atoms with Crippen molar-refractivity contribution in [3.05, 3.63) is 88.5 Å². The summed E-state index contributed by atoms with van der Waals surface area (Å²) in [6.45, 7) is 0. The summed E-state index contributed by atoms with van der Waals surface area (Å²) < 4.78 is 7.65. The highest BCUT2D eigenvalue weighted by molar-refractivity contribution is 6.15. The Morgan fingerprint density at radius 1 is 1.04 bits per heavy atom. The minimum Gasteiger partial charge on any atom is -0.496 e. The van der Waals surface area contributed by atoms with E-state index < -0.39 is 0 Å². The summed E-state index contributed by atoms with van der Waals surface area (Å²) in [6, 6.07) is 16.0. The number of pyridine rings is 2. The van der Waals surface area contributed by atoms with Crippen molar-refractivity contribution >= 4 is 27.2 Å². The molecular weight excluding hydrogens is 324 g/mol. The lowest BCUT2D eigenvalue weighted by atomic mass is 10.0. The monoisotopic (exact) mass is 340 g/mol. The summed E-state index contributed by atoms with van der Waals surface area (Å²) >= 11 is 0. The largest absolute Gasteiger partial charge is 0.496 e. The van der Waals surface area contributed by atoms with Gasteiger partial charge in [0.2, 0.25) is 0 Å². The number of fused-ring (bicyclic) bond motifs is 3. The zero-order chi connectivity index (χ0) is 17.7. The molecule has 26 heavy (non-hydrogen) atoms. The maximum Gasteiger partial charge on any atom is 0.196 e. The summed E-state index contributed by atoms with van der Waals surface area (Å²) in [6.07, 6.45) is 6.04. The van der Waals surface area contributed by atoms with Gasteiger partial charge in [0.1, 0.15) is 5.75 Å². The van der Waals surface area contributed by atoms with Gasteiger partial charge in [0.15, 0.2) is 5.43 Å². The zero-order valence-corrected chi connectivity index (χ0v) is 14.3. The third-order valence-electron chi connectivity index (χ3n) is 4.98. The second-order valence-corrected chi connectivity index (χ2v) is 6.45. The molecule has 0 aliphatic rings. The first-order valence-electron chi connectivity index (χ1n) is 8.52. The van der Waals surface area contributed by atoms with Gasteiger partial charge in [0.25, 0.3) is 0 Å². The van der Waals surface area contributed by atoms with E-state index >= 15 is 0 Å². The van der Waals surface area contributed by atoms with E-state index in [4.69, 9.17) is 4.74 Å². The van der Waals surface area contributed by atoms with Gasteiger partial charge in [-0.2, -0.15) is 0 Å². The molecule has 2 aromatic carbocycles. The normalized spacial score (nSPS) is 11.6. The minimum atomic E-state index is 0.0200. The van der Waals surface area contributed by atoms with E-state index in [0.29, 0.717) is 17.6 Å². The third-order valence-corrected chi connectivity index (χ3v) is 4.98. The molecule has 0 bridgehead atoms. The Balaban J connectivity index is 1.92. The molecule has 3 heterocycles. The maximum atomic E-state index is 13.3. The summed E-state index contributed by atoms with van der Waals surface area (Å²) in [5.41, 5.74) is 3.78. The predicted octanol–water partition coefficient (Wildman–Crippen LogP) is 4.04. The van der Waals surface area contributed by atoms with Gasteiger partial charge in [-0.25, -0.2) is 0 Å². The molecular formula is C22H16N2O2. The minimum absolute atomic E-state index is 0.0200. The highest BCUT2D eigenvalue weighted by atomic mass is 16.5. The Bertz CT molecular complexity index is 1310. The van der Waals surface area contributed by atoms with E-state index in [1.54, 1.807) is 19.5 Å². The van der Waals surface area contributed by atoms with Crippen LogP contribution in [0.4, 0.5) is 0 Å². The molecule has 4 nitrogen and oxygen atoms in total. The molecule has 5 rings (SSSR count). The number of ether oxygens (including phenoxy) is 1. The van der Waals surface area contributed by atoms with Crippen LogP contribution in [0.2, 0.25) is 0 Å². The first kappa shape index (κ1) is 14.9. The molecule has 3 aromatic heterocycles. The third kappa shape index (κ3) is 2.02. The Labute approximate surface area is 149 Å². The summed E-state index contributed by atoms with van der Waals surface area (Å²) in [7, 11) is 1.61. The van der Waals surface area contributed by atoms with Crippen LogP contribution in [0.25, 0.3) is 27.2 Å². The first-order valence-corrected chi connectivity index (χ1v) is 8.52. The maximum absolute atomic E-state index is 13.3. The van der Waals surface area contributed by atoms with Crippen molar-refractivity contribution in [2.75, 3.05) is 7.11 Å². The number of methoxy groups -OCH3 is 1. The van der Waals surface area contributed by atoms with E-state index in [-0.39, 0.29) is 5.43 Å². The molecule has 0 amide bonds. The molecule has 0 fully saturated rings. The molecule has 0 radical (unpaired) electrons. The van der Waals surface area contributed by atoms with Crippen LogP contribution in [0, 0.1) is 0 Å². The van der Waals surface area contributed by atoms with Crippen molar-refractivity contribution < 1.29 is 4.74 Å². The Morgan fingerprint density at radius 3 is 2.73 bits per heavy atom. The number of para-hydroxylation sites is 1. The molecule has 0 aliphatic carbocycles. The Morgan fingerprint density at radius 2 is 1.92 bits per heavy atom. The second-order valence-electron chi connectivity index (χ2n) is 6.45.